The topological polar surface area (TPSA) is 43.9 Å². The Morgan fingerprint density at radius 3 is 2.27 bits per heavy atom. The maximum atomic E-state index is 6.37. The predicted octanol–water partition coefficient (Wildman–Crippen LogP) is 7.79. The van der Waals surface area contributed by atoms with Gasteiger partial charge in [-0.25, -0.2) is 9.97 Å². The van der Waals surface area contributed by atoms with Crippen molar-refractivity contribution in [3.63, 3.8) is 0 Å². The van der Waals surface area contributed by atoms with E-state index in [1.54, 1.807) is 0 Å². The van der Waals surface area contributed by atoms with E-state index in [4.69, 9.17) is 16.0 Å². The third-order valence-corrected chi connectivity index (χ3v) is 6.32. The summed E-state index contributed by atoms with van der Waals surface area (Å²) in [7, 11) is 0. The smallest absolute Gasteiger partial charge is 0.223 e. The van der Waals surface area contributed by atoms with Crippen molar-refractivity contribution in [1.29, 1.82) is 0 Å². The Morgan fingerprint density at radius 1 is 0.667 bits per heavy atom. The van der Waals surface area contributed by atoms with Crippen molar-refractivity contribution in [2.24, 2.45) is 0 Å². The molecule has 7 aromatic rings. The first kappa shape index (κ1) is 18.4. The average Bonchev–Trinajstić information content (AvgIpc) is 3.39. The number of aromatic nitrogens is 3. The lowest BCUT2D eigenvalue weighted by atomic mass is 10.1. The molecule has 0 spiro atoms. The minimum Gasteiger partial charge on any atom is -0.452 e. The average molecular weight is 446 g/mol. The van der Waals surface area contributed by atoms with Gasteiger partial charge < -0.3 is 8.98 Å². The molecule has 0 aliphatic rings. The van der Waals surface area contributed by atoms with Gasteiger partial charge in [-0.05, 0) is 48.0 Å². The van der Waals surface area contributed by atoms with E-state index in [-0.39, 0.29) is 5.28 Å². The van der Waals surface area contributed by atoms with Gasteiger partial charge in [0.05, 0.1) is 11.0 Å². The maximum absolute atomic E-state index is 6.37. The van der Waals surface area contributed by atoms with E-state index in [1.807, 2.05) is 30.3 Å². The van der Waals surface area contributed by atoms with Crippen molar-refractivity contribution in [2.75, 3.05) is 0 Å². The highest BCUT2D eigenvalue weighted by molar-refractivity contribution is 6.29. The quantitative estimate of drug-likeness (QED) is 0.255. The second-order valence-corrected chi connectivity index (χ2v) is 8.38. The van der Waals surface area contributed by atoms with E-state index in [0.29, 0.717) is 11.3 Å². The fourth-order valence-electron chi connectivity index (χ4n) is 4.73. The minimum atomic E-state index is 0.202. The van der Waals surface area contributed by atoms with Gasteiger partial charge in [0.2, 0.25) is 5.28 Å². The van der Waals surface area contributed by atoms with E-state index in [1.165, 1.54) is 10.8 Å². The molecule has 4 aromatic carbocycles. The molecule has 4 nitrogen and oxygen atoms in total. The molecule has 0 saturated heterocycles. The van der Waals surface area contributed by atoms with Crippen LogP contribution in [0.1, 0.15) is 0 Å². The number of halogens is 1. The largest absolute Gasteiger partial charge is 0.452 e. The molecule has 0 atom stereocenters. The molecule has 0 bridgehead atoms. The molecule has 5 heteroatoms. The number of nitrogens with zero attached hydrogens (tertiary/aromatic N) is 3. The van der Waals surface area contributed by atoms with Crippen molar-refractivity contribution < 1.29 is 4.42 Å². The zero-order valence-corrected chi connectivity index (χ0v) is 18.1. The van der Waals surface area contributed by atoms with Gasteiger partial charge in [0.15, 0.2) is 5.58 Å². The highest BCUT2D eigenvalue weighted by Crippen LogP contribution is 2.38. The van der Waals surface area contributed by atoms with Crippen molar-refractivity contribution in [3.8, 4) is 16.9 Å². The summed E-state index contributed by atoms with van der Waals surface area (Å²) in [6.45, 7) is 0. The van der Waals surface area contributed by atoms with E-state index in [0.717, 1.165) is 38.8 Å². The SMILES string of the molecule is Clc1nc(-c2ccc3c4ccccc4n(-c4ccccc4)c3c2)c2oc3ccccc3c2n1. The number of furan rings is 1. The van der Waals surface area contributed by atoms with Gasteiger partial charge >= 0.3 is 0 Å². The molecule has 0 unspecified atom stereocenters. The molecule has 3 heterocycles. The predicted molar refractivity (Wildman–Crippen MR) is 134 cm³/mol. The Balaban J connectivity index is 1.58. The molecular formula is C28H16ClN3O. The lowest BCUT2D eigenvalue weighted by Gasteiger charge is -2.09. The summed E-state index contributed by atoms with van der Waals surface area (Å²) in [4.78, 5) is 9.05. The van der Waals surface area contributed by atoms with Gasteiger partial charge in [-0.15, -0.1) is 0 Å². The standard InChI is InChI=1S/C28H16ClN3O/c29-28-30-25(27-26(31-28)21-11-5-7-13-24(21)33-27)17-14-15-20-19-10-4-6-12-22(19)32(23(20)16-17)18-8-2-1-3-9-18/h1-16H. The van der Waals surface area contributed by atoms with Crippen LogP contribution in [0.2, 0.25) is 5.28 Å². The second kappa shape index (κ2) is 6.92. The summed E-state index contributed by atoms with van der Waals surface area (Å²) in [5.74, 6) is 0. The third kappa shape index (κ3) is 2.71. The van der Waals surface area contributed by atoms with Crippen LogP contribution >= 0.6 is 11.6 Å². The second-order valence-electron chi connectivity index (χ2n) is 8.04. The zero-order chi connectivity index (χ0) is 21.9. The Bertz CT molecular complexity index is 1830. The zero-order valence-electron chi connectivity index (χ0n) is 17.4. The van der Waals surface area contributed by atoms with Crippen molar-refractivity contribution in [2.45, 2.75) is 0 Å². The molecule has 0 fully saturated rings. The third-order valence-electron chi connectivity index (χ3n) is 6.15. The van der Waals surface area contributed by atoms with Crippen LogP contribution in [0, 0.1) is 0 Å². The van der Waals surface area contributed by atoms with Crippen LogP contribution in [0.25, 0.3) is 60.8 Å². The molecule has 156 valence electrons. The van der Waals surface area contributed by atoms with Gasteiger partial charge in [-0.1, -0.05) is 60.7 Å². The van der Waals surface area contributed by atoms with E-state index in [2.05, 4.69) is 81.3 Å². The van der Waals surface area contributed by atoms with Crippen molar-refractivity contribution in [1.82, 2.24) is 14.5 Å². The summed E-state index contributed by atoms with van der Waals surface area (Å²) in [5.41, 5.74) is 7.11. The van der Waals surface area contributed by atoms with E-state index in [9.17, 15) is 0 Å². The molecule has 33 heavy (non-hydrogen) atoms. The fourth-order valence-corrected chi connectivity index (χ4v) is 4.90. The fraction of sp³-hybridized carbons (Fsp3) is 0. The first-order valence-electron chi connectivity index (χ1n) is 10.7. The Hall–Kier alpha value is -4.15. The summed E-state index contributed by atoms with van der Waals surface area (Å²) in [6, 6.07) is 33.1. The molecule has 0 aliphatic carbocycles. The summed E-state index contributed by atoms with van der Waals surface area (Å²) >= 11 is 6.37. The van der Waals surface area contributed by atoms with Crippen LogP contribution in [-0.2, 0) is 0 Å². The van der Waals surface area contributed by atoms with Crippen LogP contribution in [0.3, 0.4) is 0 Å². The maximum Gasteiger partial charge on any atom is 0.223 e. The molecule has 0 saturated carbocycles. The number of benzene rings is 4. The molecule has 0 radical (unpaired) electrons. The normalized spacial score (nSPS) is 11.8. The number of para-hydroxylation sites is 3. The van der Waals surface area contributed by atoms with Crippen LogP contribution in [-0.4, -0.2) is 14.5 Å². The first-order valence-corrected chi connectivity index (χ1v) is 11.1. The monoisotopic (exact) mass is 445 g/mol. The number of fused-ring (bicyclic) bond motifs is 6. The Labute approximate surface area is 193 Å². The summed E-state index contributed by atoms with van der Waals surface area (Å²) < 4.78 is 8.47. The van der Waals surface area contributed by atoms with Gasteiger partial charge in [0, 0.05) is 27.4 Å². The van der Waals surface area contributed by atoms with Gasteiger partial charge in [-0.3, -0.25) is 0 Å². The summed E-state index contributed by atoms with van der Waals surface area (Å²) in [5, 5.41) is 3.52. The summed E-state index contributed by atoms with van der Waals surface area (Å²) in [6.07, 6.45) is 0. The number of hydrogen-bond acceptors (Lipinski definition) is 3. The van der Waals surface area contributed by atoms with E-state index < -0.39 is 0 Å². The molecular weight excluding hydrogens is 430 g/mol. The molecule has 0 amide bonds. The van der Waals surface area contributed by atoms with Crippen molar-refractivity contribution >= 4 is 55.5 Å². The van der Waals surface area contributed by atoms with Crippen molar-refractivity contribution in [3.05, 3.63) is 102 Å². The highest BCUT2D eigenvalue weighted by Gasteiger charge is 2.18. The first-order chi connectivity index (χ1) is 16.3. The lowest BCUT2D eigenvalue weighted by molar-refractivity contribution is 0.667. The van der Waals surface area contributed by atoms with Crippen LogP contribution in [0.4, 0.5) is 0 Å². The van der Waals surface area contributed by atoms with Crippen LogP contribution < -0.4 is 0 Å². The van der Waals surface area contributed by atoms with Gasteiger partial charge in [0.1, 0.15) is 16.8 Å². The Kier molecular flexibility index (Phi) is 3.87. The van der Waals surface area contributed by atoms with Crippen LogP contribution in [0.15, 0.2) is 101 Å². The Morgan fingerprint density at radius 2 is 1.39 bits per heavy atom. The highest BCUT2D eigenvalue weighted by atomic mass is 35.5. The van der Waals surface area contributed by atoms with Gasteiger partial charge in [0.25, 0.3) is 0 Å². The molecule has 0 N–H and O–H groups in total. The molecule has 3 aromatic heterocycles. The van der Waals surface area contributed by atoms with Crippen LogP contribution in [0.5, 0.6) is 0 Å². The van der Waals surface area contributed by atoms with Gasteiger partial charge in [-0.2, -0.15) is 0 Å². The number of rotatable bonds is 2. The van der Waals surface area contributed by atoms with E-state index >= 15 is 0 Å². The number of hydrogen-bond donors (Lipinski definition) is 0. The molecule has 7 rings (SSSR count). The lowest BCUT2D eigenvalue weighted by Crippen LogP contribution is -1.94. The minimum absolute atomic E-state index is 0.202. The molecule has 0 aliphatic heterocycles.